The Bertz CT molecular complexity index is 626. The summed E-state index contributed by atoms with van der Waals surface area (Å²) in [6.45, 7) is 3.40. The molecule has 1 aromatic carbocycles. The van der Waals surface area contributed by atoms with E-state index in [1.54, 1.807) is 42.4 Å². The fourth-order valence-electron chi connectivity index (χ4n) is 2.14. The van der Waals surface area contributed by atoms with Gasteiger partial charge in [-0.3, -0.25) is 4.79 Å². The predicted octanol–water partition coefficient (Wildman–Crippen LogP) is 3.70. The lowest BCUT2D eigenvalue weighted by atomic mass is 10.2. The van der Waals surface area contributed by atoms with Crippen molar-refractivity contribution in [3.05, 3.63) is 59.5 Å². The minimum absolute atomic E-state index is 0.0176. The van der Waals surface area contributed by atoms with Gasteiger partial charge in [0.15, 0.2) is 0 Å². The van der Waals surface area contributed by atoms with E-state index in [2.05, 4.69) is 17.2 Å². The molecule has 0 aliphatic heterocycles. The smallest absolute Gasteiger partial charge is 0.255 e. The van der Waals surface area contributed by atoms with Crippen molar-refractivity contribution in [2.24, 2.45) is 0 Å². The van der Waals surface area contributed by atoms with E-state index in [1.807, 2.05) is 0 Å². The summed E-state index contributed by atoms with van der Waals surface area (Å²) in [6.07, 6.45) is 3.63. The number of hydrogen-bond acceptors (Lipinski definition) is 3. The standard InChI is InChI=1S/C18H22FN3O/c1-3-4-11-22(2)18(23)15-7-10-17(21-13-15)20-12-14-5-8-16(19)9-6-14/h5-10,13H,3-4,11-12H2,1-2H3,(H,20,21). The van der Waals surface area contributed by atoms with Gasteiger partial charge < -0.3 is 10.2 Å². The quantitative estimate of drug-likeness (QED) is 0.847. The van der Waals surface area contributed by atoms with Crippen molar-refractivity contribution >= 4 is 11.7 Å². The monoisotopic (exact) mass is 315 g/mol. The maximum atomic E-state index is 12.8. The molecular weight excluding hydrogens is 293 g/mol. The minimum atomic E-state index is -0.248. The van der Waals surface area contributed by atoms with Gasteiger partial charge in [-0.1, -0.05) is 25.5 Å². The molecule has 0 spiro atoms. The zero-order valence-corrected chi connectivity index (χ0v) is 13.6. The molecule has 23 heavy (non-hydrogen) atoms. The molecule has 5 heteroatoms. The summed E-state index contributed by atoms with van der Waals surface area (Å²) in [7, 11) is 1.80. The highest BCUT2D eigenvalue weighted by Gasteiger charge is 2.11. The summed E-state index contributed by atoms with van der Waals surface area (Å²) >= 11 is 0. The van der Waals surface area contributed by atoms with E-state index >= 15 is 0 Å². The molecule has 0 aliphatic carbocycles. The number of carbonyl (C=O) groups is 1. The Hall–Kier alpha value is -2.43. The van der Waals surface area contributed by atoms with Gasteiger partial charge in [0, 0.05) is 26.3 Å². The van der Waals surface area contributed by atoms with Gasteiger partial charge in [-0.2, -0.15) is 0 Å². The first-order chi connectivity index (χ1) is 11.1. The third-order valence-electron chi connectivity index (χ3n) is 3.59. The molecule has 0 unspecified atom stereocenters. The highest BCUT2D eigenvalue weighted by atomic mass is 19.1. The molecule has 4 nitrogen and oxygen atoms in total. The Morgan fingerprint density at radius 2 is 1.96 bits per heavy atom. The molecule has 0 radical (unpaired) electrons. The average molecular weight is 315 g/mol. The zero-order chi connectivity index (χ0) is 16.7. The molecule has 1 heterocycles. The average Bonchev–Trinajstić information content (AvgIpc) is 2.59. The van der Waals surface area contributed by atoms with E-state index < -0.39 is 0 Å². The van der Waals surface area contributed by atoms with E-state index in [0.717, 1.165) is 24.9 Å². The molecule has 0 fully saturated rings. The summed E-state index contributed by atoms with van der Waals surface area (Å²) in [6, 6.07) is 9.86. The van der Waals surface area contributed by atoms with Crippen molar-refractivity contribution in [1.29, 1.82) is 0 Å². The second-order valence-electron chi connectivity index (χ2n) is 5.49. The molecular formula is C18H22FN3O. The van der Waals surface area contributed by atoms with Crippen LogP contribution >= 0.6 is 0 Å². The van der Waals surface area contributed by atoms with Gasteiger partial charge in [-0.15, -0.1) is 0 Å². The summed E-state index contributed by atoms with van der Waals surface area (Å²) in [5.41, 5.74) is 1.54. The third-order valence-corrected chi connectivity index (χ3v) is 3.59. The lowest BCUT2D eigenvalue weighted by molar-refractivity contribution is 0.0793. The topological polar surface area (TPSA) is 45.2 Å². The number of benzene rings is 1. The SMILES string of the molecule is CCCCN(C)C(=O)c1ccc(NCc2ccc(F)cc2)nc1. The fourth-order valence-corrected chi connectivity index (χ4v) is 2.14. The van der Waals surface area contributed by atoms with Gasteiger partial charge in [0.2, 0.25) is 0 Å². The summed E-state index contributed by atoms with van der Waals surface area (Å²) < 4.78 is 12.8. The molecule has 0 saturated heterocycles. The molecule has 1 N–H and O–H groups in total. The van der Waals surface area contributed by atoms with Gasteiger partial charge >= 0.3 is 0 Å². The van der Waals surface area contributed by atoms with Crippen molar-refractivity contribution in [2.45, 2.75) is 26.3 Å². The van der Waals surface area contributed by atoms with Crippen LogP contribution < -0.4 is 5.32 Å². The van der Waals surface area contributed by atoms with E-state index in [-0.39, 0.29) is 11.7 Å². The van der Waals surface area contributed by atoms with Crippen LogP contribution in [0.5, 0.6) is 0 Å². The number of hydrogen-bond donors (Lipinski definition) is 1. The second-order valence-corrected chi connectivity index (χ2v) is 5.49. The zero-order valence-electron chi connectivity index (χ0n) is 13.6. The van der Waals surface area contributed by atoms with E-state index in [0.29, 0.717) is 17.9 Å². The summed E-state index contributed by atoms with van der Waals surface area (Å²) in [4.78, 5) is 18.2. The highest BCUT2D eigenvalue weighted by Crippen LogP contribution is 2.10. The van der Waals surface area contributed by atoms with Crippen LogP contribution in [0.25, 0.3) is 0 Å². The van der Waals surface area contributed by atoms with Crippen LogP contribution in [-0.2, 0) is 6.54 Å². The summed E-state index contributed by atoms with van der Waals surface area (Å²) in [5, 5.41) is 3.15. The summed E-state index contributed by atoms with van der Waals surface area (Å²) in [5.74, 6) is 0.417. The molecule has 122 valence electrons. The third kappa shape index (κ3) is 5.06. The van der Waals surface area contributed by atoms with Crippen molar-refractivity contribution in [1.82, 2.24) is 9.88 Å². The van der Waals surface area contributed by atoms with Crippen LogP contribution in [0.1, 0.15) is 35.7 Å². The Morgan fingerprint density at radius 1 is 1.22 bits per heavy atom. The van der Waals surface area contributed by atoms with Crippen molar-refractivity contribution in [2.75, 3.05) is 18.9 Å². The molecule has 0 saturated carbocycles. The van der Waals surface area contributed by atoms with Crippen molar-refractivity contribution < 1.29 is 9.18 Å². The normalized spacial score (nSPS) is 10.4. The fraction of sp³-hybridized carbons (Fsp3) is 0.333. The molecule has 0 aliphatic rings. The molecule has 0 bridgehead atoms. The number of carbonyl (C=O) groups excluding carboxylic acids is 1. The van der Waals surface area contributed by atoms with Crippen LogP contribution in [-0.4, -0.2) is 29.4 Å². The Kier molecular flexibility index (Phi) is 6.09. The van der Waals surface area contributed by atoms with Gasteiger partial charge in [0.1, 0.15) is 11.6 Å². The van der Waals surface area contributed by atoms with Gasteiger partial charge in [0.05, 0.1) is 5.56 Å². The van der Waals surface area contributed by atoms with Crippen molar-refractivity contribution in [3.8, 4) is 0 Å². The Morgan fingerprint density at radius 3 is 2.57 bits per heavy atom. The lowest BCUT2D eigenvalue weighted by Crippen LogP contribution is -2.27. The molecule has 2 aromatic rings. The number of unbranched alkanes of at least 4 members (excludes halogenated alkanes) is 1. The van der Waals surface area contributed by atoms with Crippen LogP contribution in [0.15, 0.2) is 42.6 Å². The van der Waals surface area contributed by atoms with Crippen LogP contribution in [0.4, 0.5) is 10.2 Å². The predicted molar refractivity (Wildman–Crippen MR) is 89.8 cm³/mol. The maximum Gasteiger partial charge on any atom is 0.255 e. The van der Waals surface area contributed by atoms with Gasteiger partial charge in [-0.05, 0) is 36.2 Å². The van der Waals surface area contributed by atoms with Crippen molar-refractivity contribution in [3.63, 3.8) is 0 Å². The number of nitrogens with one attached hydrogen (secondary N) is 1. The first-order valence-electron chi connectivity index (χ1n) is 7.80. The largest absolute Gasteiger partial charge is 0.366 e. The number of nitrogens with zero attached hydrogens (tertiary/aromatic N) is 2. The molecule has 0 atom stereocenters. The van der Waals surface area contributed by atoms with Gasteiger partial charge in [-0.25, -0.2) is 9.37 Å². The minimum Gasteiger partial charge on any atom is -0.366 e. The number of amides is 1. The number of pyridine rings is 1. The second kappa shape index (κ2) is 8.27. The Labute approximate surface area is 136 Å². The van der Waals surface area contributed by atoms with Crippen LogP contribution in [0.2, 0.25) is 0 Å². The number of aromatic nitrogens is 1. The Balaban J connectivity index is 1.91. The van der Waals surface area contributed by atoms with E-state index in [4.69, 9.17) is 0 Å². The maximum absolute atomic E-state index is 12.8. The van der Waals surface area contributed by atoms with Crippen LogP contribution in [0.3, 0.4) is 0 Å². The first-order valence-corrected chi connectivity index (χ1v) is 7.80. The van der Waals surface area contributed by atoms with E-state index in [9.17, 15) is 9.18 Å². The van der Waals surface area contributed by atoms with E-state index in [1.165, 1.54) is 12.1 Å². The van der Waals surface area contributed by atoms with Crippen LogP contribution in [0, 0.1) is 5.82 Å². The molecule has 1 aromatic heterocycles. The number of anilines is 1. The lowest BCUT2D eigenvalue weighted by Gasteiger charge is -2.16. The molecule has 1 amide bonds. The highest BCUT2D eigenvalue weighted by molar-refractivity contribution is 5.93. The number of halogens is 1. The number of rotatable bonds is 7. The first kappa shape index (κ1) is 16.9. The van der Waals surface area contributed by atoms with Gasteiger partial charge in [0.25, 0.3) is 5.91 Å². The molecule has 2 rings (SSSR count).